The number of carbonyl (C=O) groups excluding carboxylic acids is 1. The normalized spacial score (nSPS) is 23.7. The van der Waals surface area contributed by atoms with Crippen LogP contribution < -0.4 is 11.1 Å². The predicted octanol–water partition coefficient (Wildman–Crippen LogP) is 2.87. The third-order valence-corrected chi connectivity index (χ3v) is 3.87. The Morgan fingerprint density at radius 2 is 2.05 bits per heavy atom. The number of hydrogen-bond acceptors (Lipinski definition) is 2. The summed E-state index contributed by atoms with van der Waals surface area (Å²) in [5, 5.41) is 2.91. The van der Waals surface area contributed by atoms with Crippen LogP contribution in [0.15, 0.2) is 18.2 Å². The first-order chi connectivity index (χ1) is 9.08. The van der Waals surface area contributed by atoms with Crippen molar-refractivity contribution in [2.75, 3.05) is 0 Å². The molecule has 2 atom stereocenters. The zero-order chi connectivity index (χ0) is 13.8. The number of rotatable bonds is 2. The zero-order valence-electron chi connectivity index (χ0n) is 10.7. The molecule has 3 N–H and O–H groups in total. The Balaban J connectivity index is 2.05. The van der Waals surface area contributed by atoms with Gasteiger partial charge < -0.3 is 11.1 Å². The molecule has 19 heavy (non-hydrogen) atoms. The van der Waals surface area contributed by atoms with Gasteiger partial charge in [-0.2, -0.15) is 0 Å². The number of nitrogens with two attached hydrogens (primary N) is 1. The summed E-state index contributed by atoms with van der Waals surface area (Å²) in [5.41, 5.74) is 6.33. The van der Waals surface area contributed by atoms with Gasteiger partial charge in [-0.3, -0.25) is 4.79 Å². The van der Waals surface area contributed by atoms with E-state index in [0.29, 0.717) is 0 Å². The van der Waals surface area contributed by atoms with E-state index in [9.17, 15) is 9.18 Å². The Labute approximate surface area is 117 Å². The van der Waals surface area contributed by atoms with Crippen LogP contribution in [0.3, 0.4) is 0 Å². The maximum absolute atomic E-state index is 13.3. The maximum Gasteiger partial charge on any atom is 0.251 e. The van der Waals surface area contributed by atoms with Crippen molar-refractivity contribution in [3.63, 3.8) is 0 Å². The fraction of sp³-hybridized carbons (Fsp3) is 0.500. The molecule has 0 bridgehead atoms. The molecule has 1 amide bonds. The van der Waals surface area contributed by atoms with E-state index < -0.39 is 5.82 Å². The van der Waals surface area contributed by atoms with Crippen molar-refractivity contribution in [2.45, 2.75) is 44.2 Å². The van der Waals surface area contributed by atoms with Gasteiger partial charge >= 0.3 is 0 Å². The minimum Gasteiger partial charge on any atom is -0.348 e. The van der Waals surface area contributed by atoms with Gasteiger partial charge in [-0.05, 0) is 31.0 Å². The molecule has 0 spiro atoms. The van der Waals surface area contributed by atoms with Gasteiger partial charge in [0.25, 0.3) is 5.91 Å². The number of halogens is 2. The van der Waals surface area contributed by atoms with Crippen LogP contribution in [0.4, 0.5) is 4.39 Å². The molecule has 1 fully saturated rings. The molecule has 5 heteroatoms. The number of nitrogens with one attached hydrogen (secondary N) is 1. The van der Waals surface area contributed by atoms with Gasteiger partial charge in [-0.1, -0.05) is 30.9 Å². The van der Waals surface area contributed by atoms with Crippen molar-refractivity contribution in [3.8, 4) is 0 Å². The van der Waals surface area contributed by atoms with E-state index in [1.54, 1.807) is 0 Å². The average Bonchev–Trinajstić information content (AvgIpc) is 2.58. The number of carbonyl (C=O) groups is 1. The summed E-state index contributed by atoms with van der Waals surface area (Å²) in [6.45, 7) is 0. The number of benzene rings is 1. The van der Waals surface area contributed by atoms with E-state index >= 15 is 0 Å². The monoisotopic (exact) mass is 284 g/mol. The highest BCUT2D eigenvalue weighted by Gasteiger charge is 2.22. The summed E-state index contributed by atoms with van der Waals surface area (Å²) >= 11 is 5.60. The lowest BCUT2D eigenvalue weighted by atomic mass is 10.0. The fourth-order valence-corrected chi connectivity index (χ4v) is 2.52. The van der Waals surface area contributed by atoms with Crippen LogP contribution in [0.5, 0.6) is 0 Å². The Morgan fingerprint density at radius 3 is 2.79 bits per heavy atom. The molecule has 1 aromatic carbocycles. The van der Waals surface area contributed by atoms with Crippen molar-refractivity contribution in [3.05, 3.63) is 34.6 Å². The highest BCUT2D eigenvalue weighted by atomic mass is 35.5. The molecular weight excluding hydrogens is 267 g/mol. The molecule has 0 radical (unpaired) electrons. The van der Waals surface area contributed by atoms with Gasteiger partial charge in [-0.15, -0.1) is 0 Å². The lowest BCUT2D eigenvalue weighted by molar-refractivity contribution is 0.0928. The molecule has 104 valence electrons. The molecule has 0 aromatic heterocycles. The lowest BCUT2D eigenvalue weighted by Gasteiger charge is -2.22. The van der Waals surface area contributed by atoms with E-state index in [4.69, 9.17) is 17.3 Å². The van der Waals surface area contributed by atoms with E-state index in [-0.39, 0.29) is 28.6 Å². The van der Waals surface area contributed by atoms with Crippen LogP contribution in [-0.2, 0) is 0 Å². The first kappa shape index (κ1) is 14.3. The first-order valence-electron chi connectivity index (χ1n) is 6.59. The quantitative estimate of drug-likeness (QED) is 0.821. The molecule has 2 rings (SSSR count). The van der Waals surface area contributed by atoms with Gasteiger partial charge in [-0.25, -0.2) is 4.39 Å². The Bertz CT molecular complexity index is 467. The second-order valence-electron chi connectivity index (χ2n) is 5.01. The lowest BCUT2D eigenvalue weighted by Crippen LogP contribution is -2.46. The van der Waals surface area contributed by atoms with Gasteiger partial charge in [0.15, 0.2) is 0 Å². The summed E-state index contributed by atoms with van der Waals surface area (Å²) in [6, 6.07) is 4.00. The van der Waals surface area contributed by atoms with Crippen LogP contribution in [0.25, 0.3) is 0 Å². The zero-order valence-corrected chi connectivity index (χ0v) is 11.4. The van der Waals surface area contributed by atoms with E-state index in [1.165, 1.54) is 12.1 Å². The third-order valence-electron chi connectivity index (χ3n) is 3.57. The Hall–Kier alpha value is -1.13. The van der Waals surface area contributed by atoms with Crippen LogP contribution in [-0.4, -0.2) is 18.0 Å². The Kier molecular flexibility index (Phi) is 4.77. The largest absolute Gasteiger partial charge is 0.348 e. The topological polar surface area (TPSA) is 55.1 Å². The molecule has 0 heterocycles. The molecule has 1 aromatic rings. The molecule has 1 aliphatic rings. The van der Waals surface area contributed by atoms with Crippen molar-refractivity contribution in [1.82, 2.24) is 5.32 Å². The van der Waals surface area contributed by atoms with Crippen LogP contribution >= 0.6 is 11.6 Å². The summed E-state index contributed by atoms with van der Waals surface area (Å²) < 4.78 is 13.3. The van der Waals surface area contributed by atoms with Crippen LogP contribution in [0, 0.1) is 5.82 Å². The van der Waals surface area contributed by atoms with Gasteiger partial charge in [0, 0.05) is 17.6 Å². The summed E-state index contributed by atoms with van der Waals surface area (Å²) in [7, 11) is 0. The average molecular weight is 285 g/mol. The molecule has 3 nitrogen and oxygen atoms in total. The molecule has 1 aliphatic carbocycles. The first-order valence-corrected chi connectivity index (χ1v) is 6.97. The number of amides is 1. The minimum absolute atomic E-state index is 0.0164. The molecule has 0 saturated heterocycles. The molecule has 0 aliphatic heterocycles. The molecule has 1 saturated carbocycles. The predicted molar refractivity (Wildman–Crippen MR) is 73.7 cm³/mol. The third kappa shape index (κ3) is 3.67. The SMILES string of the molecule is NC1CCCCCC1NC(=O)c1ccc(Cl)c(F)c1. The second kappa shape index (κ2) is 6.35. The van der Waals surface area contributed by atoms with Crippen molar-refractivity contribution in [2.24, 2.45) is 5.73 Å². The van der Waals surface area contributed by atoms with Gasteiger partial charge in [0.2, 0.25) is 0 Å². The highest BCUT2D eigenvalue weighted by Crippen LogP contribution is 2.18. The highest BCUT2D eigenvalue weighted by molar-refractivity contribution is 6.30. The van der Waals surface area contributed by atoms with Crippen LogP contribution in [0.2, 0.25) is 5.02 Å². The van der Waals surface area contributed by atoms with E-state index in [1.807, 2.05) is 0 Å². The van der Waals surface area contributed by atoms with Gasteiger partial charge in [0.1, 0.15) is 5.82 Å². The van der Waals surface area contributed by atoms with Gasteiger partial charge in [0.05, 0.1) is 5.02 Å². The number of hydrogen-bond donors (Lipinski definition) is 2. The molecular formula is C14H18ClFN2O. The smallest absolute Gasteiger partial charge is 0.251 e. The fourth-order valence-electron chi connectivity index (χ4n) is 2.40. The summed E-state index contributed by atoms with van der Waals surface area (Å²) in [4.78, 5) is 12.1. The molecule has 2 unspecified atom stereocenters. The van der Waals surface area contributed by atoms with Crippen molar-refractivity contribution in [1.29, 1.82) is 0 Å². The summed E-state index contributed by atoms with van der Waals surface area (Å²) in [6.07, 6.45) is 5.11. The second-order valence-corrected chi connectivity index (χ2v) is 5.42. The Morgan fingerprint density at radius 1 is 1.32 bits per heavy atom. The minimum atomic E-state index is -0.584. The van der Waals surface area contributed by atoms with E-state index in [2.05, 4.69) is 5.32 Å². The standard InChI is InChI=1S/C14H18ClFN2O/c15-10-7-6-9(8-11(10)16)14(19)18-13-5-3-1-2-4-12(13)17/h6-8,12-13H,1-5,17H2,(H,18,19). The van der Waals surface area contributed by atoms with Crippen molar-refractivity contribution < 1.29 is 9.18 Å². The van der Waals surface area contributed by atoms with E-state index in [0.717, 1.165) is 38.2 Å². The summed E-state index contributed by atoms with van der Waals surface area (Å²) in [5.74, 6) is -0.877. The van der Waals surface area contributed by atoms with Crippen molar-refractivity contribution >= 4 is 17.5 Å². The maximum atomic E-state index is 13.3. The van der Waals surface area contributed by atoms with Crippen LogP contribution in [0.1, 0.15) is 42.5 Å².